The van der Waals surface area contributed by atoms with E-state index in [1.807, 2.05) is 4.72 Å². The first-order valence-corrected chi connectivity index (χ1v) is 10.3. The fourth-order valence-corrected chi connectivity index (χ4v) is 4.22. The van der Waals surface area contributed by atoms with Crippen molar-refractivity contribution in [1.29, 1.82) is 0 Å². The van der Waals surface area contributed by atoms with Gasteiger partial charge in [-0.2, -0.15) is 13.2 Å². The number of halogens is 4. The minimum Gasteiger partial charge on any atom is -0.278 e. The number of sulfone groups is 1. The number of hydrogen-bond donors (Lipinski definition) is 1. The Balaban J connectivity index is 2.51. The molecule has 0 spiro atoms. The molecule has 0 heterocycles. The lowest BCUT2D eigenvalue weighted by atomic mass is 10.2. The summed E-state index contributed by atoms with van der Waals surface area (Å²) in [7, 11) is -8.28. The van der Waals surface area contributed by atoms with Crippen molar-refractivity contribution in [3.05, 3.63) is 53.1 Å². The van der Waals surface area contributed by atoms with E-state index in [9.17, 15) is 30.0 Å². The van der Waals surface area contributed by atoms with Crippen LogP contribution >= 0.6 is 11.6 Å². The molecule has 136 valence electrons. The molecule has 0 radical (unpaired) electrons. The molecule has 0 amide bonds. The van der Waals surface area contributed by atoms with Gasteiger partial charge in [-0.1, -0.05) is 17.7 Å². The van der Waals surface area contributed by atoms with Crippen molar-refractivity contribution in [1.82, 2.24) is 0 Å². The summed E-state index contributed by atoms with van der Waals surface area (Å²) in [5, 5.41) is 0.0578. The van der Waals surface area contributed by atoms with Crippen LogP contribution in [0.3, 0.4) is 0 Å². The molecule has 2 aromatic rings. The van der Waals surface area contributed by atoms with Gasteiger partial charge in [-0.15, -0.1) is 0 Å². The van der Waals surface area contributed by atoms with E-state index in [2.05, 4.69) is 0 Å². The molecule has 0 aliphatic heterocycles. The van der Waals surface area contributed by atoms with Crippen molar-refractivity contribution >= 4 is 37.1 Å². The Labute approximate surface area is 147 Å². The zero-order chi connectivity index (χ0) is 19.0. The van der Waals surface area contributed by atoms with E-state index in [0.29, 0.717) is 6.07 Å². The fraction of sp³-hybridized carbons (Fsp3) is 0.143. The molecule has 0 aromatic heterocycles. The Hall–Kier alpha value is -1.78. The second-order valence-corrected chi connectivity index (χ2v) is 9.15. The van der Waals surface area contributed by atoms with E-state index in [-0.39, 0.29) is 10.7 Å². The quantitative estimate of drug-likeness (QED) is 0.831. The van der Waals surface area contributed by atoms with E-state index in [0.717, 1.165) is 36.6 Å². The number of benzene rings is 2. The molecule has 2 rings (SSSR count). The van der Waals surface area contributed by atoms with E-state index >= 15 is 0 Å². The highest BCUT2D eigenvalue weighted by atomic mass is 35.5. The van der Waals surface area contributed by atoms with Crippen molar-refractivity contribution in [3.63, 3.8) is 0 Å². The van der Waals surface area contributed by atoms with Crippen molar-refractivity contribution in [2.45, 2.75) is 16.0 Å². The lowest BCUT2D eigenvalue weighted by Gasteiger charge is -2.13. The van der Waals surface area contributed by atoms with Gasteiger partial charge in [-0.25, -0.2) is 16.8 Å². The van der Waals surface area contributed by atoms with Gasteiger partial charge in [0.05, 0.1) is 21.0 Å². The number of anilines is 1. The Bertz CT molecular complexity index is 1020. The molecule has 1 N–H and O–H groups in total. The number of rotatable bonds is 4. The second-order valence-electron chi connectivity index (χ2n) is 5.04. The molecule has 0 aliphatic rings. The number of sulfonamides is 1. The standard InChI is InChI=1S/C14H11ClF3NO4S2/c1-24(20,21)13-8-10(15)5-6-12(13)19-25(22,23)11-4-2-3-9(7-11)14(16,17)18/h2-8,19H,1H3. The van der Waals surface area contributed by atoms with Gasteiger partial charge in [0.15, 0.2) is 9.84 Å². The normalized spacial score (nSPS) is 12.8. The monoisotopic (exact) mass is 413 g/mol. The van der Waals surface area contributed by atoms with Crippen LogP contribution in [0.25, 0.3) is 0 Å². The lowest BCUT2D eigenvalue weighted by molar-refractivity contribution is -0.137. The Kier molecular flexibility index (Phi) is 5.08. The summed E-state index contributed by atoms with van der Waals surface area (Å²) in [4.78, 5) is -1.05. The van der Waals surface area contributed by atoms with Crippen molar-refractivity contribution in [2.24, 2.45) is 0 Å². The highest BCUT2D eigenvalue weighted by Crippen LogP contribution is 2.32. The lowest BCUT2D eigenvalue weighted by Crippen LogP contribution is -2.16. The highest BCUT2D eigenvalue weighted by molar-refractivity contribution is 7.93. The van der Waals surface area contributed by atoms with Gasteiger partial charge in [-0.05, 0) is 36.4 Å². The van der Waals surface area contributed by atoms with Crippen LogP contribution in [0.4, 0.5) is 18.9 Å². The van der Waals surface area contributed by atoms with Crippen LogP contribution in [-0.2, 0) is 26.0 Å². The summed E-state index contributed by atoms with van der Waals surface area (Å²) in [6.07, 6.45) is -3.87. The van der Waals surface area contributed by atoms with E-state index < -0.39 is 41.4 Å². The van der Waals surface area contributed by atoms with Crippen LogP contribution in [0.2, 0.25) is 5.02 Å². The molecule has 0 aliphatic carbocycles. The first kappa shape index (κ1) is 19.5. The minimum atomic E-state index is -4.72. The summed E-state index contributed by atoms with van der Waals surface area (Å²) < 4.78 is 88.4. The molecular weight excluding hydrogens is 403 g/mol. The molecule has 25 heavy (non-hydrogen) atoms. The maximum Gasteiger partial charge on any atom is 0.416 e. The van der Waals surface area contributed by atoms with Gasteiger partial charge in [0.2, 0.25) is 0 Å². The minimum absolute atomic E-state index is 0.0578. The maximum absolute atomic E-state index is 12.7. The van der Waals surface area contributed by atoms with Crippen LogP contribution in [0.5, 0.6) is 0 Å². The summed E-state index contributed by atoms with van der Waals surface area (Å²) in [6, 6.07) is 6.50. The zero-order valence-electron chi connectivity index (χ0n) is 12.5. The molecule has 11 heteroatoms. The number of hydrogen-bond acceptors (Lipinski definition) is 4. The smallest absolute Gasteiger partial charge is 0.278 e. The molecule has 2 aromatic carbocycles. The first-order chi connectivity index (χ1) is 11.3. The van der Waals surface area contributed by atoms with Gasteiger partial charge >= 0.3 is 6.18 Å². The van der Waals surface area contributed by atoms with Gasteiger partial charge in [0, 0.05) is 11.3 Å². The zero-order valence-corrected chi connectivity index (χ0v) is 14.9. The van der Waals surface area contributed by atoms with Crippen LogP contribution in [0.15, 0.2) is 52.3 Å². The average Bonchev–Trinajstić information content (AvgIpc) is 2.47. The molecule has 0 saturated carbocycles. The van der Waals surface area contributed by atoms with E-state index in [1.165, 1.54) is 6.07 Å². The Morgan fingerprint density at radius 2 is 1.64 bits per heavy atom. The first-order valence-electron chi connectivity index (χ1n) is 6.50. The van der Waals surface area contributed by atoms with Crippen LogP contribution in [0, 0.1) is 0 Å². The van der Waals surface area contributed by atoms with Gasteiger partial charge < -0.3 is 0 Å². The Morgan fingerprint density at radius 3 is 2.20 bits per heavy atom. The highest BCUT2D eigenvalue weighted by Gasteiger charge is 2.32. The third kappa shape index (κ3) is 4.65. The average molecular weight is 414 g/mol. The summed E-state index contributed by atoms with van der Waals surface area (Å²) >= 11 is 5.72. The third-order valence-electron chi connectivity index (χ3n) is 3.06. The molecule has 5 nitrogen and oxygen atoms in total. The SMILES string of the molecule is CS(=O)(=O)c1cc(Cl)ccc1NS(=O)(=O)c1cccc(C(F)(F)F)c1. The predicted molar refractivity (Wildman–Crippen MR) is 86.8 cm³/mol. The molecule has 0 fully saturated rings. The summed E-state index contributed by atoms with van der Waals surface area (Å²) in [5.74, 6) is 0. The predicted octanol–water partition coefficient (Wildman–Crippen LogP) is 3.56. The molecule has 0 atom stereocenters. The number of nitrogens with one attached hydrogen (secondary N) is 1. The fourth-order valence-electron chi connectivity index (χ4n) is 1.93. The van der Waals surface area contributed by atoms with Gasteiger partial charge in [0.25, 0.3) is 10.0 Å². The number of alkyl halides is 3. The Morgan fingerprint density at radius 1 is 1.00 bits per heavy atom. The van der Waals surface area contributed by atoms with Crippen LogP contribution in [-0.4, -0.2) is 23.1 Å². The topological polar surface area (TPSA) is 80.3 Å². The molecular formula is C14H11ClF3NO4S2. The second kappa shape index (κ2) is 6.50. The van der Waals surface area contributed by atoms with Crippen molar-refractivity contribution in [2.75, 3.05) is 11.0 Å². The van der Waals surface area contributed by atoms with Crippen LogP contribution in [0.1, 0.15) is 5.56 Å². The molecule has 0 bridgehead atoms. The van der Waals surface area contributed by atoms with Crippen molar-refractivity contribution < 1.29 is 30.0 Å². The summed E-state index contributed by atoms with van der Waals surface area (Å²) in [5.41, 5.74) is -1.46. The maximum atomic E-state index is 12.7. The third-order valence-corrected chi connectivity index (χ3v) is 5.79. The molecule has 0 unspecified atom stereocenters. The van der Waals surface area contributed by atoms with Gasteiger partial charge in [-0.3, -0.25) is 4.72 Å². The van der Waals surface area contributed by atoms with E-state index in [1.54, 1.807) is 0 Å². The van der Waals surface area contributed by atoms with Crippen LogP contribution < -0.4 is 4.72 Å². The molecule has 0 saturated heterocycles. The summed E-state index contributed by atoms with van der Waals surface area (Å²) in [6.45, 7) is 0. The largest absolute Gasteiger partial charge is 0.416 e. The van der Waals surface area contributed by atoms with Gasteiger partial charge in [0.1, 0.15) is 0 Å². The van der Waals surface area contributed by atoms with E-state index in [4.69, 9.17) is 11.6 Å². The van der Waals surface area contributed by atoms with Crippen molar-refractivity contribution in [3.8, 4) is 0 Å².